The number of hydrogen-bond acceptors (Lipinski definition) is 4. The van der Waals surface area contributed by atoms with Gasteiger partial charge in [-0.2, -0.15) is 0 Å². The van der Waals surface area contributed by atoms with Crippen LogP contribution < -0.4 is 10.6 Å². The van der Waals surface area contributed by atoms with Crippen LogP contribution in [0.4, 0.5) is 9.52 Å². The molecule has 2 unspecified atom stereocenters. The van der Waals surface area contributed by atoms with Gasteiger partial charge in [-0.3, -0.25) is 0 Å². The maximum Gasteiger partial charge on any atom is 0.184 e. The van der Waals surface area contributed by atoms with Gasteiger partial charge in [-0.1, -0.05) is 11.3 Å². The number of thiazole rings is 1. The molecule has 1 saturated carbocycles. The monoisotopic (exact) mass is 265 g/mol. The number of nitrogens with zero attached hydrogens (tertiary/aromatic N) is 1. The molecule has 5 heteroatoms. The zero-order valence-electron chi connectivity index (χ0n) is 10.2. The van der Waals surface area contributed by atoms with Crippen molar-refractivity contribution in [1.82, 2.24) is 10.3 Å². The van der Waals surface area contributed by atoms with E-state index in [0.717, 1.165) is 21.8 Å². The summed E-state index contributed by atoms with van der Waals surface area (Å²) >= 11 is 1.52. The van der Waals surface area contributed by atoms with E-state index in [0.29, 0.717) is 12.1 Å². The number of rotatable bonds is 3. The third-order valence-electron chi connectivity index (χ3n) is 3.55. The Bertz CT molecular complexity index is 554. The Labute approximate surface area is 109 Å². The molecule has 3 rings (SSSR count). The topological polar surface area (TPSA) is 37.0 Å². The highest BCUT2D eigenvalue weighted by molar-refractivity contribution is 7.22. The summed E-state index contributed by atoms with van der Waals surface area (Å²) in [6.45, 7) is 0. The van der Waals surface area contributed by atoms with Crippen molar-refractivity contribution in [2.24, 2.45) is 0 Å². The van der Waals surface area contributed by atoms with Crippen LogP contribution in [0.15, 0.2) is 18.2 Å². The van der Waals surface area contributed by atoms with Gasteiger partial charge in [0.25, 0.3) is 0 Å². The van der Waals surface area contributed by atoms with Gasteiger partial charge >= 0.3 is 0 Å². The van der Waals surface area contributed by atoms with Crippen LogP contribution in [-0.4, -0.2) is 24.1 Å². The van der Waals surface area contributed by atoms with Crippen molar-refractivity contribution in [2.75, 3.05) is 12.4 Å². The van der Waals surface area contributed by atoms with Gasteiger partial charge in [-0.05, 0) is 44.5 Å². The highest BCUT2D eigenvalue weighted by atomic mass is 32.1. The number of likely N-dealkylation sites (N-methyl/N-ethyl adjacent to an activating group) is 1. The average molecular weight is 265 g/mol. The van der Waals surface area contributed by atoms with Crippen LogP contribution in [0.3, 0.4) is 0 Å². The number of halogens is 1. The minimum absolute atomic E-state index is 0.202. The number of anilines is 1. The van der Waals surface area contributed by atoms with Crippen LogP contribution in [0.5, 0.6) is 0 Å². The lowest BCUT2D eigenvalue weighted by atomic mass is 10.2. The first-order valence-electron chi connectivity index (χ1n) is 6.26. The Morgan fingerprint density at radius 2 is 2.17 bits per heavy atom. The van der Waals surface area contributed by atoms with E-state index in [-0.39, 0.29) is 5.82 Å². The van der Waals surface area contributed by atoms with E-state index < -0.39 is 0 Å². The van der Waals surface area contributed by atoms with Gasteiger partial charge in [0.1, 0.15) is 5.82 Å². The maximum absolute atomic E-state index is 13.1. The Morgan fingerprint density at radius 1 is 1.33 bits per heavy atom. The van der Waals surface area contributed by atoms with Gasteiger partial charge in [0.15, 0.2) is 5.13 Å². The first-order chi connectivity index (χ1) is 8.76. The number of aromatic nitrogens is 1. The zero-order chi connectivity index (χ0) is 12.5. The minimum atomic E-state index is -0.202. The molecule has 1 aromatic carbocycles. The predicted octanol–water partition coefficient (Wildman–Crippen LogP) is 2.99. The fourth-order valence-electron chi connectivity index (χ4n) is 2.60. The predicted molar refractivity (Wildman–Crippen MR) is 73.7 cm³/mol. The second kappa shape index (κ2) is 4.82. The van der Waals surface area contributed by atoms with E-state index >= 15 is 0 Å². The smallest absolute Gasteiger partial charge is 0.184 e. The van der Waals surface area contributed by atoms with E-state index in [1.54, 1.807) is 12.1 Å². The molecule has 0 bridgehead atoms. The maximum atomic E-state index is 13.1. The molecule has 2 atom stereocenters. The van der Waals surface area contributed by atoms with Gasteiger partial charge in [0.2, 0.25) is 0 Å². The summed E-state index contributed by atoms with van der Waals surface area (Å²) in [4.78, 5) is 4.50. The summed E-state index contributed by atoms with van der Waals surface area (Å²) in [6.07, 6.45) is 3.60. The van der Waals surface area contributed by atoms with Gasteiger partial charge in [-0.15, -0.1) is 0 Å². The molecule has 96 valence electrons. The Balaban J connectivity index is 1.82. The van der Waals surface area contributed by atoms with Crippen LogP contribution in [0, 0.1) is 5.82 Å². The van der Waals surface area contributed by atoms with Crippen molar-refractivity contribution < 1.29 is 4.39 Å². The summed E-state index contributed by atoms with van der Waals surface area (Å²) in [6, 6.07) is 5.67. The van der Waals surface area contributed by atoms with Crippen LogP contribution in [0.2, 0.25) is 0 Å². The largest absolute Gasteiger partial charge is 0.357 e. The molecule has 2 aromatic rings. The third kappa shape index (κ3) is 2.20. The summed E-state index contributed by atoms with van der Waals surface area (Å²) in [5.41, 5.74) is 0.864. The molecule has 0 saturated heterocycles. The van der Waals surface area contributed by atoms with Crippen molar-refractivity contribution in [3.63, 3.8) is 0 Å². The Kier molecular flexibility index (Phi) is 3.18. The van der Waals surface area contributed by atoms with Gasteiger partial charge in [-0.25, -0.2) is 9.37 Å². The van der Waals surface area contributed by atoms with E-state index in [1.165, 1.54) is 30.2 Å². The first kappa shape index (κ1) is 11.9. The van der Waals surface area contributed by atoms with Gasteiger partial charge in [0, 0.05) is 12.1 Å². The zero-order valence-corrected chi connectivity index (χ0v) is 11.1. The fraction of sp³-hybridized carbons (Fsp3) is 0.462. The van der Waals surface area contributed by atoms with Crippen molar-refractivity contribution in [2.45, 2.75) is 31.3 Å². The molecule has 2 N–H and O–H groups in total. The van der Waals surface area contributed by atoms with E-state index in [9.17, 15) is 4.39 Å². The van der Waals surface area contributed by atoms with Crippen molar-refractivity contribution in [1.29, 1.82) is 0 Å². The van der Waals surface area contributed by atoms with Crippen LogP contribution in [0.1, 0.15) is 19.3 Å². The third-order valence-corrected chi connectivity index (χ3v) is 4.50. The normalized spacial score (nSPS) is 23.7. The number of benzene rings is 1. The van der Waals surface area contributed by atoms with E-state index in [4.69, 9.17) is 0 Å². The second-order valence-corrected chi connectivity index (χ2v) is 5.74. The van der Waals surface area contributed by atoms with Gasteiger partial charge < -0.3 is 10.6 Å². The molecular weight excluding hydrogens is 249 g/mol. The molecule has 1 aliphatic carbocycles. The molecule has 0 radical (unpaired) electrons. The fourth-order valence-corrected chi connectivity index (χ4v) is 3.55. The van der Waals surface area contributed by atoms with Crippen LogP contribution in [-0.2, 0) is 0 Å². The molecule has 0 amide bonds. The molecular formula is C13H16FN3S. The lowest BCUT2D eigenvalue weighted by Gasteiger charge is -2.19. The molecule has 18 heavy (non-hydrogen) atoms. The van der Waals surface area contributed by atoms with Crippen LogP contribution >= 0.6 is 11.3 Å². The standard InChI is InChI=1S/C13H16FN3S/c1-15-9-3-2-4-10(9)16-13-17-11-6-5-8(14)7-12(11)18-13/h5-7,9-10,15H,2-4H2,1H3,(H,16,17). The highest BCUT2D eigenvalue weighted by Gasteiger charge is 2.26. The quantitative estimate of drug-likeness (QED) is 0.896. The molecule has 1 heterocycles. The molecule has 0 spiro atoms. The number of hydrogen-bond donors (Lipinski definition) is 2. The van der Waals surface area contributed by atoms with Gasteiger partial charge in [0.05, 0.1) is 10.2 Å². The first-order valence-corrected chi connectivity index (χ1v) is 7.08. The molecule has 1 aliphatic rings. The molecule has 1 fully saturated rings. The number of nitrogens with one attached hydrogen (secondary N) is 2. The van der Waals surface area contributed by atoms with Crippen molar-refractivity contribution >= 4 is 26.7 Å². The Morgan fingerprint density at radius 3 is 3.00 bits per heavy atom. The number of fused-ring (bicyclic) bond motifs is 1. The van der Waals surface area contributed by atoms with E-state index in [2.05, 4.69) is 15.6 Å². The minimum Gasteiger partial charge on any atom is -0.357 e. The lowest BCUT2D eigenvalue weighted by molar-refractivity contribution is 0.540. The summed E-state index contributed by atoms with van der Waals surface area (Å²) in [5, 5.41) is 7.70. The van der Waals surface area contributed by atoms with Crippen LogP contribution in [0.25, 0.3) is 10.2 Å². The SMILES string of the molecule is CNC1CCCC1Nc1nc2ccc(F)cc2s1. The average Bonchev–Trinajstić information content (AvgIpc) is 2.94. The summed E-state index contributed by atoms with van der Waals surface area (Å²) in [7, 11) is 2.00. The second-order valence-electron chi connectivity index (χ2n) is 4.71. The highest BCUT2D eigenvalue weighted by Crippen LogP contribution is 2.29. The molecule has 3 nitrogen and oxygen atoms in total. The summed E-state index contributed by atoms with van der Waals surface area (Å²) < 4.78 is 14.0. The van der Waals surface area contributed by atoms with Crippen molar-refractivity contribution in [3.8, 4) is 0 Å². The lowest BCUT2D eigenvalue weighted by Crippen LogP contribution is -2.37. The molecule has 1 aromatic heterocycles. The van der Waals surface area contributed by atoms with Crippen molar-refractivity contribution in [3.05, 3.63) is 24.0 Å². The Hall–Kier alpha value is -1.20. The molecule has 0 aliphatic heterocycles. The van der Waals surface area contributed by atoms with E-state index in [1.807, 2.05) is 7.05 Å². The summed E-state index contributed by atoms with van der Waals surface area (Å²) in [5.74, 6) is -0.202.